The summed E-state index contributed by atoms with van der Waals surface area (Å²) in [5, 5.41) is 7.10. The van der Waals surface area contributed by atoms with E-state index in [1.807, 2.05) is 6.07 Å². The van der Waals surface area contributed by atoms with Gasteiger partial charge in [-0.05, 0) is 57.4 Å². The van der Waals surface area contributed by atoms with E-state index < -0.39 is 5.97 Å². The fourth-order valence-electron chi connectivity index (χ4n) is 4.34. The summed E-state index contributed by atoms with van der Waals surface area (Å²) in [4.78, 5) is 26.5. The summed E-state index contributed by atoms with van der Waals surface area (Å²) in [7, 11) is 1.36. The van der Waals surface area contributed by atoms with Crippen LogP contribution in [0.3, 0.4) is 0 Å². The number of rotatable bonds is 4. The summed E-state index contributed by atoms with van der Waals surface area (Å²) in [5.74, 6) is 0.676. The van der Waals surface area contributed by atoms with Crippen molar-refractivity contribution in [3.8, 4) is 11.5 Å². The maximum atomic E-state index is 12.8. The first-order chi connectivity index (χ1) is 14.1. The van der Waals surface area contributed by atoms with E-state index in [1.165, 1.54) is 18.4 Å². The van der Waals surface area contributed by atoms with Crippen LogP contribution < -0.4 is 20.1 Å². The van der Waals surface area contributed by atoms with Gasteiger partial charge in [0.15, 0.2) is 11.5 Å². The normalized spacial score (nSPS) is 17.9. The molecule has 8 heteroatoms. The van der Waals surface area contributed by atoms with Gasteiger partial charge in [0.2, 0.25) is 12.7 Å². The summed E-state index contributed by atoms with van der Waals surface area (Å²) >= 11 is 1.43. The Balaban J connectivity index is 1.63. The minimum Gasteiger partial charge on any atom is -0.465 e. The Morgan fingerprint density at radius 3 is 2.67 bits per heavy atom. The molecule has 0 saturated heterocycles. The zero-order valence-corrected chi connectivity index (χ0v) is 18.6. The second-order valence-corrected chi connectivity index (χ2v) is 9.85. The van der Waals surface area contributed by atoms with Crippen molar-refractivity contribution in [2.45, 2.75) is 51.6 Å². The SMILES string of the molecule is COC(=O)c1c(NC(=O)Cc2ccc3c(c2)OCO3)sc2c1CC(C)(C)NC2(C)C. The summed E-state index contributed by atoms with van der Waals surface area (Å²) in [6, 6.07) is 5.44. The van der Waals surface area contributed by atoms with E-state index in [0.717, 1.165) is 16.0 Å². The topological polar surface area (TPSA) is 85.9 Å². The lowest BCUT2D eigenvalue weighted by molar-refractivity contribution is -0.115. The number of hydrogen-bond donors (Lipinski definition) is 2. The maximum absolute atomic E-state index is 12.8. The van der Waals surface area contributed by atoms with Crippen molar-refractivity contribution in [3.05, 3.63) is 39.8 Å². The lowest BCUT2D eigenvalue weighted by Crippen LogP contribution is -2.55. The predicted octanol–water partition coefficient (Wildman–Crippen LogP) is 3.60. The predicted molar refractivity (Wildman–Crippen MR) is 115 cm³/mol. The molecular weight excluding hydrogens is 404 g/mol. The largest absolute Gasteiger partial charge is 0.465 e. The number of methoxy groups -OCH3 is 1. The number of nitrogens with one attached hydrogen (secondary N) is 2. The molecule has 160 valence electrons. The van der Waals surface area contributed by atoms with Gasteiger partial charge in [-0.25, -0.2) is 4.79 Å². The molecule has 30 heavy (non-hydrogen) atoms. The fraction of sp³-hybridized carbons (Fsp3) is 0.455. The van der Waals surface area contributed by atoms with Gasteiger partial charge in [-0.3, -0.25) is 4.79 Å². The van der Waals surface area contributed by atoms with Crippen LogP contribution >= 0.6 is 11.3 Å². The van der Waals surface area contributed by atoms with Gasteiger partial charge in [0, 0.05) is 16.0 Å². The highest BCUT2D eigenvalue weighted by Crippen LogP contribution is 2.45. The van der Waals surface area contributed by atoms with Crippen molar-refractivity contribution in [2.75, 3.05) is 19.2 Å². The zero-order chi connectivity index (χ0) is 21.7. The van der Waals surface area contributed by atoms with Gasteiger partial charge in [0.25, 0.3) is 0 Å². The molecule has 0 radical (unpaired) electrons. The van der Waals surface area contributed by atoms with Crippen LogP contribution in [0.15, 0.2) is 18.2 Å². The molecule has 1 aromatic carbocycles. The quantitative estimate of drug-likeness (QED) is 0.721. The first kappa shape index (κ1) is 20.7. The van der Waals surface area contributed by atoms with Crippen LogP contribution in [0.1, 0.15) is 54.1 Å². The zero-order valence-electron chi connectivity index (χ0n) is 17.8. The molecule has 0 aliphatic carbocycles. The van der Waals surface area contributed by atoms with Crippen LogP contribution in [-0.4, -0.2) is 31.3 Å². The van der Waals surface area contributed by atoms with Crippen molar-refractivity contribution in [2.24, 2.45) is 0 Å². The monoisotopic (exact) mass is 430 g/mol. The number of carbonyl (C=O) groups excluding carboxylic acids is 2. The van der Waals surface area contributed by atoms with E-state index in [4.69, 9.17) is 14.2 Å². The van der Waals surface area contributed by atoms with Gasteiger partial charge < -0.3 is 24.8 Å². The molecule has 2 aliphatic rings. The van der Waals surface area contributed by atoms with Gasteiger partial charge in [-0.2, -0.15) is 0 Å². The fourth-order valence-corrected chi connectivity index (χ4v) is 5.62. The Bertz CT molecular complexity index is 1020. The number of hydrogen-bond acceptors (Lipinski definition) is 7. The van der Waals surface area contributed by atoms with E-state index in [-0.39, 0.29) is 30.2 Å². The van der Waals surface area contributed by atoms with E-state index in [9.17, 15) is 9.59 Å². The van der Waals surface area contributed by atoms with E-state index in [1.54, 1.807) is 12.1 Å². The van der Waals surface area contributed by atoms with Gasteiger partial charge in [-0.1, -0.05) is 6.07 Å². The van der Waals surface area contributed by atoms with Crippen molar-refractivity contribution in [1.29, 1.82) is 0 Å². The van der Waals surface area contributed by atoms with Crippen molar-refractivity contribution >= 4 is 28.2 Å². The third-order valence-electron chi connectivity index (χ3n) is 5.29. The van der Waals surface area contributed by atoms with E-state index in [2.05, 4.69) is 38.3 Å². The Kier molecular flexibility index (Phi) is 5.02. The second-order valence-electron chi connectivity index (χ2n) is 8.83. The molecule has 1 aromatic heterocycles. The standard InChI is InChI=1S/C22H26N2O5S/c1-21(2)10-13-17(20(26)27-5)19(30-18(13)22(3,4)24-21)23-16(25)9-12-6-7-14-15(8-12)29-11-28-14/h6-8,24H,9-11H2,1-5H3,(H,23,25). The number of anilines is 1. The summed E-state index contributed by atoms with van der Waals surface area (Å²) in [6.07, 6.45) is 0.831. The molecule has 1 amide bonds. The number of amides is 1. The number of thiophene rings is 1. The molecule has 0 bridgehead atoms. The lowest BCUT2D eigenvalue weighted by Gasteiger charge is -2.42. The highest BCUT2D eigenvalue weighted by molar-refractivity contribution is 7.17. The third-order valence-corrected chi connectivity index (χ3v) is 6.76. The van der Waals surface area contributed by atoms with Crippen molar-refractivity contribution in [1.82, 2.24) is 5.32 Å². The Hall–Kier alpha value is -2.58. The first-order valence-electron chi connectivity index (χ1n) is 9.82. The van der Waals surface area contributed by atoms with E-state index >= 15 is 0 Å². The third kappa shape index (κ3) is 3.77. The van der Waals surface area contributed by atoms with Crippen LogP contribution in [0.25, 0.3) is 0 Å². The van der Waals surface area contributed by atoms with Gasteiger partial charge in [0.1, 0.15) is 5.00 Å². The van der Waals surface area contributed by atoms with Gasteiger partial charge in [0.05, 0.1) is 19.1 Å². The number of carbonyl (C=O) groups is 2. The molecule has 4 rings (SSSR count). The van der Waals surface area contributed by atoms with Crippen LogP contribution in [0.4, 0.5) is 5.00 Å². The van der Waals surface area contributed by atoms with Crippen molar-refractivity contribution < 1.29 is 23.8 Å². The first-order valence-corrected chi connectivity index (χ1v) is 10.6. The van der Waals surface area contributed by atoms with Crippen LogP contribution in [-0.2, 0) is 27.9 Å². The number of esters is 1. The summed E-state index contributed by atoms with van der Waals surface area (Å²) < 4.78 is 15.7. The molecule has 0 fully saturated rings. The molecule has 7 nitrogen and oxygen atoms in total. The molecule has 2 N–H and O–H groups in total. The maximum Gasteiger partial charge on any atom is 0.341 e. The van der Waals surface area contributed by atoms with Crippen LogP contribution in [0.5, 0.6) is 11.5 Å². The Morgan fingerprint density at radius 1 is 1.20 bits per heavy atom. The molecule has 2 aromatic rings. The Morgan fingerprint density at radius 2 is 1.93 bits per heavy atom. The van der Waals surface area contributed by atoms with E-state index in [0.29, 0.717) is 28.5 Å². The molecular formula is C22H26N2O5S. The average molecular weight is 431 g/mol. The van der Waals surface area contributed by atoms with Crippen LogP contribution in [0.2, 0.25) is 0 Å². The smallest absolute Gasteiger partial charge is 0.341 e. The summed E-state index contributed by atoms with van der Waals surface area (Å²) in [5.41, 5.74) is 1.69. The van der Waals surface area contributed by atoms with Crippen LogP contribution in [0, 0.1) is 0 Å². The number of benzene rings is 1. The highest BCUT2D eigenvalue weighted by atomic mass is 32.1. The summed E-state index contributed by atoms with van der Waals surface area (Å²) in [6.45, 7) is 8.57. The molecule has 3 heterocycles. The lowest BCUT2D eigenvalue weighted by atomic mass is 9.81. The number of fused-ring (bicyclic) bond motifs is 2. The molecule has 0 atom stereocenters. The minimum atomic E-state index is -0.431. The molecule has 0 unspecified atom stereocenters. The second kappa shape index (κ2) is 7.28. The molecule has 0 spiro atoms. The minimum absolute atomic E-state index is 0.160. The highest BCUT2D eigenvalue weighted by Gasteiger charge is 2.42. The van der Waals surface area contributed by atoms with Crippen molar-refractivity contribution in [3.63, 3.8) is 0 Å². The van der Waals surface area contributed by atoms with Gasteiger partial charge in [-0.15, -0.1) is 11.3 Å². The van der Waals surface area contributed by atoms with Gasteiger partial charge >= 0.3 is 5.97 Å². The molecule has 2 aliphatic heterocycles. The number of ether oxygens (including phenoxy) is 3. The Labute approximate surface area is 179 Å². The molecule has 0 saturated carbocycles. The average Bonchev–Trinajstić information content (AvgIpc) is 3.24.